The van der Waals surface area contributed by atoms with E-state index in [2.05, 4.69) is 35.4 Å². The number of amides is 2. The van der Waals surface area contributed by atoms with Crippen LogP contribution in [-0.4, -0.2) is 43.9 Å². The Morgan fingerprint density at radius 3 is 2.69 bits per heavy atom. The molecule has 0 radical (unpaired) electrons. The third-order valence-electron chi connectivity index (χ3n) is 4.41. The molecule has 0 aliphatic carbocycles. The molecule has 0 spiro atoms. The molecule has 11 heteroatoms. The van der Waals surface area contributed by atoms with Gasteiger partial charge in [-0.3, -0.25) is 15.0 Å². The second-order valence-electron chi connectivity index (χ2n) is 6.73. The predicted molar refractivity (Wildman–Crippen MR) is 113 cm³/mol. The number of carbonyl (C=O) groups excluding carboxylic acids is 1. The Labute approximate surface area is 181 Å². The van der Waals surface area contributed by atoms with Gasteiger partial charge in [-0.2, -0.15) is 13.9 Å². The zero-order valence-electron chi connectivity index (χ0n) is 17.0. The molecule has 0 atom stereocenters. The molecule has 0 aliphatic heterocycles. The van der Waals surface area contributed by atoms with Gasteiger partial charge in [0.05, 0.1) is 24.6 Å². The standard InChI is InChI=1S/C21H19F2N7O2/c1-2-24-21(31)29-18-8-7-16-19(28-18)27-17(10-25-16)14-9-26-30(12-14)11-13-3-5-15(6-4-13)32-20(22)23/h3-10,12,20H,2,11H2,1H3,(H2,24,27,28,29,31). The van der Waals surface area contributed by atoms with Crippen LogP contribution in [0.15, 0.2) is 55.0 Å². The molecular weight excluding hydrogens is 420 g/mol. The Hall–Kier alpha value is -4.15. The number of urea groups is 1. The van der Waals surface area contributed by atoms with Gasteiger partial charge >= 0.3 is 12.6 Å². The summed E-state index contributed by atoms with van der Waals surface area (Å²) in [5, 5.41) is 9.61. The van der Waals surface area contributed by atoms with Crippen LogP contribution < -0.4 is 15.4 Å². The minimum absolute atomic E-state index is 0.102. The number of anilines is 1. The minimum Gasteiger partial charge on any atom is -0.435 e. The van der Waals surface area contributed by atoms with Crippen molar-refractivity contribution in [1.29, 1.82) is 0 Å². The van der Waals surface area contributed by atoms with Crippen molar-refractivity contribution in [2.75, 3.05) is 11.9 Å². The highest BCUT2D eigenvalue weighted by Crippen LogP contribution is 2.20. The van der Waals surface area contributed by atoms with Crippen LogP contribution in [0.5, 0.6) is 5.75 Å². The highest BCUT2D eigenvalue weighted by Gasteiger charge is 2.09. The van der Waals surface area contributed by atoms with E-state index in [0.29, 0.717) is 35.8 Å². The molecule has 164 valence electrons. The molecule has 32 heavy (non-hydrogen) atoms. The van der Waals surface area contributed by atoms with Gasteiger partial charge in [0.15, 0.2) is 5.65 Å². The van der Waals surface area contributed by atoms with Crippen molar-refractivity contribution in [2.24, 2.45) is 0 Å². The van der Waals surface area contributed by atoms with Crippen LogP contribution in [0.25, 0.3) is 22.4 Å². The van der Waals surface area contributed by atoms with Crippen LogP contribution in [0.4, 0.5) is 19.4 Å². The fourth-order valence-electron chi connectivity index (χ4n) is 2.97. The summed E-state index contributed by atoms with van der Waals surface area (Å²) in [7, 11) is 0. The molecule has 0 aliphatic rings. The van der Waals surface area contributed by atoms with E-state index >= 15 is 0 Å². The predicted octanol–water partition coefficient (Wildman–Crippen LogP) is 3.68. The van der Waals surface area contributed by atoms with Crippen molar-refractivity contribution in [1.82, 2.24) is 30.0 Å². The number of hydrogen-bond donors (Lipinski definition) is 2. The van der Waals surface area contributed by atoms with E-state index in [1.165, 1.54) is 12.1 Å². The van der Waals surface area contributed by atoms with E-state index in [9.17, 15) is 13.6 Å². The summed E-state index contributed by atoms with van der Waals surface area (Å²) in [6.07, 6.45) is 5.08. The first kappa shape index (κ1) is 21.1. The number of alkyl halides is 2. The summed E-state index contributed by atoms with van der Waals surface area (Å²) in [6.45, 7) is -0.0923. The molecule has 0 saturated heterocycles. The van der Waals surface area contributed by atoms with Crippen molar-refractivity contribution in [3.8, 4) is 17.0 Å². The quantitative estimate of drug-likeness (QED) is 0.455. The zero-order valence-corrected chi connectivity index (χ0v) is 17.0. The lowest BCUT2D eigenvalue weighted by Crippen LogP contribution is -2.28. The second-order valence-corrected chi connectivity index (χ2v) is 6.73. The molecule has 2 amide bonds. The first-order valence-electron chi connectivity index (χ1n) is 9.75. The molecule has 3 heterocycles. The van der Waals surface area contributed by atoms with Gasteiger partial charge in [-0.1, -0.05) is 12.1 Å². The fourth-order valence-corrected chi connectivity index (χ4v) is 2.97. The van der Waals surface area contributed by atoms with Gasteiger partial charge in [0, 0.05) is 18.3 Å². The highest BCUT2D eigenvalue weighted by molar-refractivity contribution is 5.89. The van der Waals surface area contributed by atoms with Gasteiger partial charge < -0.3 is 10.1 Å². The summed E-state index contributed by atoms with van der Waals surface area (Å²) < 4.78 is 30.6. The van der Waals surface area contributed by atoms with Gasteiger partial charge in [0.1, 0.15) is 17.1 Å². The monoisotopic (exact) mass is 439 g/mol. The van der Waals surface area contributed by atoms with Crippen LogP contribution in [0.1, 0.15) is 12.5 Å². The second kappa shape index (κ2) is 9.33. The van der Waals surface area contributed by atoms with Crippen molar-refractivity contribution < 1.29 is 18.3 Å². The number of pyridine rings is 1. The third-order valence-corrected chi connectivity index (χ3v) is 4.41. The van der Waals surface area contributed by atoms with Crippen LogP contribution in [0, 0.1) is 0 Å². The lowest BCUT2D eigenvalue weighted by Gasteiger charge is -2.06. The SMILES string of the molecule is CCNC(=O)Nc1ccc2ncc(-c3cnn(Cc4ccc(OC(F)F)cc4)c3)nc2n1. The Morgan fingerprint density at radius 1 is 1.12 bits per heavy atom. The lowest BCUT2D eigenvalue weighted by atomic mass is 10.2. The van der Waals surface area contributed by atoms with Crippen molar-refractivity contribution in [2.45, 2.75) is 20.1 Å². The maximum atomic E-state index is 12.3. The topological polar surface area (TPSA) is 107 Å². The Balaban J connectivity index is 1.50. The smallest absolute Gasteiger partial charge is 0.387 e. The number of carbonyl (C=O) groups is 1. The van der Waals surface area contributed by atoms with Crippen molar-refractivity contribution in [3.05, 3.63) is 60.6 Å². The number of halogens is 2. The van der Waals surface area contributed by atoms with Gasteiger partial charge in [0.25, 0.3) is 0 Å². The van der Waals surface area contributed by atoms with E-state index < -0.39 is 6.61 Å². The lowest BCUT2D eigenvalue weighted by molar-refractivity contribution is -0.0498. The Morgan fingerprint density at radius 2 is 1.94 bits per heavy atom. The van der Waals surface area contributed by atoms with E-state index in [1.807, 2.05) is 6.92 Å². The number of fused-ring (bicyclic) bond motifs is 1. The molecular formula is C21H19F2N7O2. The molecule has 0 saturated carbocycles. The van der Waals surface area contributed by atoms with E-state index in [-0.39, 0.29) is 11.8 Å². The van der Waals surface area contributed by atoms with Gasteiger partial charge in [-0.25, -0.2) is 14.8 Å². The number of nitrogens with zero attached hydrogens (tertiary/aromatic N) is 5. The van der Waals surface area contributed by atoms with Gasteiger partial charge in [-0.05, 0) is 36.8 Å². The molecule has 0 bridgehead atoms. The normalized spacial score (nSPS) is 11.0. The van der Waals surface area contributed by atoms with Crippen LogP contribution in [0.3, 0.4) is 0 Å². The van der Waals surface area contributed by atoms with Gasteiger partial charge in [-0.15, -0.1) is 0 Å². The molecule has 0 fully saturated rings. The summed E-state index contributed by atoms with van der Waals surface area (Å²) in [6, 6.07) is 9.40. The number of aromatic nitrogens is 5. The van der Waals surface area contributed by atoms with E-state index in [4.69, 9.17) is 0 Å². The minimum atomic E-state index is -2.85. The fraction of sp³-hybridized carbons (Fsp3) is 0.190. The van der Waals surface area contributed by atoms with Gasteiger partial charge in [0.2, 0.25) is 0 Å². The molecule has 0 unspecified atom stereocenters. The summed E-state index contributed by atoms with van der Waals surface area (Å²) in [5.74, 6) is 0.467. The Bertz CT molecular complexity index is 1230. The Kier molecular flexibility index (Phi) is 6.15. The number of ether oxygens (including phenoxy) is 1. The maximum Gasteiger partial charge on any atom is 0.387 e. The highest BCUT2D eigenvalue weighted by atomic mass is 19.3. The largest absolute Gasteiger partial charge is 0.435 e. The molecule has 4 aromatic rings. The summed E-state index contributed by atoms with van der Waals surface area (Å²) in [5.41, 5.74) is 3.16. The first-order chi connectivity index (χ1) is 15.5. The molecule has 1 aromatic carbocycles. The average Bonchev–Trinajstić information content (AvgIpc) is 3.23. The number of nitrogens with one attached hydrogen (secondary N) is 2. The zero-order chi connectivity index (χ0) is 22.5. The van der Waals surface area contributed by atoms with Crippen LogP contribution in [-0.2, 0) is 6.54 Å². The third kappa shape index (κ3) is 5.12. The number of hydrogen-bond acceptors (Lipinski definition) is 6. The molecule has 2 N–H and O–H groups in total. The van der Waals surface area contributed by atoms with Crippen LogP contribution >= 0.6 is 0 Å². The maximum absolute atomic E-state index is 12.3. The molecule has 3 aromatic heterocycles. The molecule has 4 rings (SSSR count). The summed E-state index contributed by atoms with van der Waals surface area (Å²) in [4.78, 5) is 25.0. The van der Waals surface area contributed by atoms with E-state index in [1.54, 1.807) is 47.5 Å². The van der Waals surface area contributed by atoms with Crippen LogP contribution in [0.2, 0.25) is 0 Å². The van der Waals surface area contributed by atoms with Crippen molar-refractivity contribution in [3.63, 3.8) is 0 Å². The molecule has 9 nitrogen and oxygen atoms in total. The van der Waals surface area contributed by atoms with Crippen molar-refractivity contribution >= 4 is 23.0 Å². The number of benzene rings is 1. The summed E-state index contributed by atoms with van der Waals surface area (Å²) >= 11 is 0. The first-order valence-corrected chi connectivity index (χ1v) is 9.75. The average molecular weight is 439 g/mol. The van der Waals surface area contributed by atoms with E-state index in [0.717, 1.165) is 11.1 Å². The number of rotatable bonds is 7.